The lowest BCUT2D eigenvalue weighted by Gasteiger charge is -2.27. The van der Waals surface area contributed by atoms with Crippen LogP contribution in [-0.4, -0.2) is 28.1 Å². The molecule has 2 aromatic carbocycles. The summed E-state index contributed by atoms with van der Waals surface area (Å²) < 4.78 is 12.9. The van der Waals surface area contributed by atoms with E-state index in [2.05, 4.69) is 17.1 Å². The Labute approximate surface area is 157 Å². The summed E-state index contributed by atoms with van der Waals surface area (Å²) in [6, 6.07) is 13.7. The molecule has 1 amide bonds. The highest BCUT2D eigenvalue weighted by molar-refractivity contribution is 5.96. The van der Waals surface area contributed by atoms with Crippen molar-refractivity contribution in [1.29, 1.82) is 0 Å². The Hall–Kier alpha value is -2.95. The summed E-state index contributed by atoms with van der Waals surface area (Å²) in [5.74, 6) is -0.332. The Bertz CT molecular complexity index is 991. The number of fused-ring (bicyclic) bond motifs is 3. The van der Waals surface area contributed by atoms with Crippen molar-refractivity contribution in [3.8, 4) is 0 Å². The summed E-state index contributed by atoms with van der Waals surface area (Å²) in [6.07, 6.45) is 1.98. The first kappa shape index (κ1) is 17.5. The Morgan fingerprint density at radius 1 is 1.04 bits per heavy atom. The van der Waals surface area contributed by atoms with Crippen molar-refractivity contribution in [3.05, 3.63) is 71.2 Å². The molecule has 0 saturated carbocycles. The number of hydrogen-bond donors (Lipinski definition) is 1. The monoisotopic (exact) mass is 364 g/mol. The standard InChI is InChI=1S/C22H21FN2O2/c23-16-10-8-15(9-11-16)21(26)6-3-7-22(27)25-13-12-20-18(14-25)17-4-1-2-5-19(17)24-20/h1-2,4-5,8-11,24H,3,6-7,12-14H2. The number of hydrogen-bond acceptors (Lipinski definition) is 2. The van der Waals surface area contributed by atoms with Crippen LogP contribution >= 0.6 is 0 Å². The highest BCUT2D eigenvalue weighted by atomic mass is 19.1. The molecule has 27 heavy (non-hydrogen) atoms. The molecule has 0 fully saturated rings. The van der Waals surface area contributed by atoms with Crippen LogP contribution in [0.1, 0.15) is 40.9 Å². The summed E-state index contributed by atoms with van der Waals surface area (Å²) in [4.78, 5) is 30.0. The van der Waals surface area contributed by atoms with Gasteiger partial charge in [0.2, 0.25) is 5.91 Å². The van der Waals surface area contributed by atoms with Gasteiger partial charge in [-0.25, -0.2) is 4.39 Å². The highest BCUT2D eigenvalue weighted by Gasteiger charge is 2.23. The predicted octanol–water partition coefficient (Wildman–Crippen LogP) is 4.24. The van der Waals surface area contributed by atoms with E-state index in [1.165, 1.54) is 40.9 Å². The SMILES string of the molecule is O=C(CCCC(=O)N1CCc2[nH]c3ccccc3c2C1)c1ccc(F)cc1. The highest BCUT2D eigenvalue weighted by Crippen LogP contribution is 2.28. The van der Waals surface area contributed by atoms with Crippen molar-refractivity contribution in [1.82, 2.24) is 9.88 Å². The second kappa shape index (κ2) is 7.35. The maximum Gasteiger partial charge on any atom is 0.222 e. The molecular weight excluding hydrogens is 343 g/mol. The Balaban J connectivity index is 1.34. The zero-order valence-electron chi connectivity index (χ0n) is 15.0. The van der Waals surface area contributed by atoms with Crippen molar-refractivity contribution in [2.24, 2.45) is 0 Å². The molecule has 0 radical (unpaired) electrons. The minimum atomic E-state index is -0.358. The summed E-state index contributed by atoms with van der Waals surface area (Å²) in [5.41, 5.74) is 4.02. The fourth-order valence-corrected chi connectivity index (χ4v) is 3.72. The van der Waals surface area contributed by atoms with Crippen LogP contribution in [-0.2, 0) is 17.8 Å². The second-order valence-electron chi connectivity index (χ2n) is 6.98. The largest absolute Gasteiger partial charge is 0.358 e. The first-order chi connectivity index (χ1) is 13.1. The van der Waals surface area contributed by atoms with Gasteiger partial charge >= 0.3 is 0 Å². The van der Waals surface area contributed by atoms with Crippen LogP contribution in [0.4, 0.5) is 4.39 Å². The number of carbonyl (C=O) groups excluding carboxylic acids is 2. The smallest absolute Gasteiger partial charge is 0.222 e. The number of carbonyl (C=O) groups is 2. The summed E-state index contributed by atoms with van der Waals surface area (Å²) >= 11 is 0. The van der Waals surface area contributed by atoms with Gasteiger partial charge in [0.15, 0.2) is 5.78 Å². The van der Waals surface area contributed by atoms with Gasteiger partial charge in [-0.15, -0.1) is 0 Å². The molecular formula is C22H21FN2O2. The minimum absolute atomic E-state index is 0.0552. The Morgan fingerprint density at radius 3 is 2.63 bits per heavy atom. The molecule has 1 aliphatic heterocycles. The first-order valence-electron chi connectivity index (χ1n) is 9.27. The maximum atomic E-state index is 12.9. The molecule has 0 atom stereocenters. The van der Waals surface area contributed by atoms with Gasteiger partial charge in [0.1, 0.15) is 5.82 Å². The molecule has 0 saturated heterocycles. The number of halogens is 1. The molecule has 0 unspecified atom stereocenters. The van der Waals surface area contributed by atoms with E-state index < -0.39 is 0 Å². The molecule has 4 rings (SSSR count). The number of nitrogens with zero attached hydrogens (tertiary/aromatic N) is 1. The van der Waals surface area contributed by atoms with E-state index in [4.69, 9.17) is 0 Å². The average molecular weight is 364 g/mol. The van der Waals surface area contributed by atoms with Crippen molar-refractivity contribution >= 4 is 22.6 Å². The minimum Gasteiger partial charge on any atom is -0.358 e. The lowest BCUT2D eigenvalue weighted by atomic mass is 10.0. The van der Waals surface area contributed by atoms with Crippen LogP contribution in [0.3, 0.4) is 0 Å². The van der Waals surface area contributed by atoms with E-state index in [9.17, 15) is 14.0 Å². The number of ketones is 1. The van der Waals surface area contributed by atoms with Crippen molar-refractivity contribution < 1.29 is 14.0 Å². The molecule has 2 heterocycles. The number of amides is 1. The average Bonchev–Trinajstić information content (AvgIpc) is 3.06. The zero-order valence-corrected chi connectivity index (χ0v) is 15.0. The van der Waals surface area contributed by atoms with Crippen LogP contribution in [0.5, 0.6) is 0 Å². The number of aromatic amines is 1. The third-order valence-electron chi connectivity index (χ3n) is 5.20. The van der Waals surface area contributed by atoms with Crippen molar-refractivity contribution in [3.63, 3.8) is 0 Å². The summed E-state index contributed by atoms with van der Waals surface area (Å²) in [6.45, 7) is 1.31. The topological polar surface area (TPSA) is 53.2 Å². The molecule has 5 heteroatoms. The normalized spacial score (nSPS) is 13.6. The molecule has 1 aromatic heterocycles. The van der Waals surface area contributed by atoms with Crippen LogP contribution in [0.2, 0.25) is 0 Å². The van der Waals surface area contributed by atoms with Crippen LogP contribution < -0.4 is 0 Å². The first-order valence-corrected chi connectivity index (χ1v) is 9.27. The Kier molecular flexibility index (Phi) is 4.75. The molecule has 138 valence electrons. The van der Waals surface area contributed by atoms with E-state index in [1.54, 1.807) is 0 Å². The number of aromatic nitrogens is 1. The van der Waals surface area contributed by atoms with E-state index in [-0.39, 0.29) is 17.5 Å². The lowest BCUT2D eigenvalue weighted by molar-refractivity contribution is -0.132. The number of Topliss-reactive ketones (excluding diaryl/α,β-unsaturated/α-hetero) is 1. The van der Waals surface area contributed by atoms with Gasteiger partial charge in [0, 0.05) is 60.1 Å². The number of nitrogens with one attached hydrogen (secondary N) is 1. The van der Waals surface area contributed by atoms with E-state index >= 15 is 0 Å². The number of rotatable bonds is 5. The third kappa shape index (κ3) is 3.63. The number of para-hydroxylation sites is 1. The predicted molar refractivity (Wildman–Crippen MR) is 102 cm³/mol. The zero-order chi connectivity index (χ0) is 18.8. The molecule has 0 bridgehead atoms. The maximum absolute atomic E-state index is 12.9. The van der Waals surface area contributed by atoms with Gasteiger partial charge in [-0.05, 0) is 36.8 Å². The fraction of sp³-hybridized carbons (Fsp3) is 0.273. The van der Waals surface area contributed by atoms with Crippen LogP contribution in [0, 0.1) is 5.82 Å². The third-order valence-corrected chi connectivity index (χ3v) is 5.20. The number of benzene rings is 2. The van der Waals surface area contributed by atoms with Gasteiger partial charge < -0.3 is 9.88 Å². The van der Waals surface area contributed by atoms with Gasteiger partial charge in [0.25, 0.3) is 0 Å². The second-order valence-corrected chi connectivity index (χ2v) is 6.98. The number of H-pyrrole nitrogens is 1. The molecule has 1 N–H and O–H groups in total. The summed E-state index contributed by atoms with van der Waals surface area (Å²) in [5, 5.41) is 1.18. The molecule has 0 aliphatic carbocycles. The molecule has 4 nitrogen and oxygen atoms in total. The van der Waals surface area contributed by atoms with Gasteiger partial charge in [-0.2, -0.15) is 0 Å². The van der Waals surface area contributed by atoms with Crippen molar-refractivity contribution in [2.45, 2.75) is 32.2 Å². The van der Waals surface area contributed by atoms with E-state index in [0.29, 0.717) is 37.9 Å². The molecule has 1 aliphatic rings. The van der Waals surface area contributed by atoms with Gasteiger partial charge in [-0.1, -0.05) is 18.2 Å². The Morgan fingerprint density at radius 2 is 1.81 bits per heavy atom. The quantitative estimate of drug-likeness (QED) is 0.688. The van der Waals surface area contributed by atoms with Gasteiger partial charge in [0.05, 0.1) is 0 Å². The van der Waals surface area contributed by atoms with Crippen LogP contribution in [0.15, 0.2) is 48.5 Å². The fourth-order valence-electron chi connectivity index (χ4n) is 3.72. The van der Waals surface area contributed by atoms with Gasteiger partial charge in [-0.3, -0.25) is 9.59 Å². The summed E-state index contributed by atoms with van der Waals surface area (Å²) in [7, 11) is 0. The van der Waals surface area contributed by atoms with Crippen molar-refractivity contribution in [2.75, 3.05) is 6.54 Å². The van der Waals surface area contributed by atoms with E-state index in [0.717, 1.165) is 11.9 Å². The van der Waals surface area contributed by atoms with E-state index in [1.807, 2.05) is 17.0 Å². The molecule has 0 spiro atoms. The lowest BCUT2D eigenvalue weighted by Crippen LogP contribution is -2.35. The van der Waals surface area contributed by atoms with Crippen LogP contribution in [0.25, 0.3) is 10.9 Å². The molecule has 3 aromatic rings.